The highest BCUT2D eigenvalue weighted by molar-refractivity contribution is 6.36. The zero-order chi connectivity index (χ0) is 24.1. The maximum Gasteiger partial charge on any atom is 0.278 e. The minimum absolute atomic E-state index is 0.0356. The smallest absolute Gasteiger partial charge is 0.278 e. The van der Waals surface area contributed by atoms with Gasteiger partial charge in [-0.15, -0.1) is 0 Å². The molecule has 0 aliphatic carbocycles. The summed E-state index contributed by atoms with van der Waals surface area (Å²) in [6.45, 7) is 6.47. The molecule has 34 heavy (non-hydrogen) atoms. The standard InChI is InChI=1S/C28H28N2O4/c1-4-33-24-13-9-8-12-23(24)29-26-25(21-14-16-22(17-15-21)34-19(2)3)27(31)30(28(26)32)18-20-10-6-5-7-11-20/h5-17,19,29H,4,18H2,1-3H3. The van der Waals surface area contributed by atoms with Gasteiger partial charge in [0.05, 0.1) is 30.5 Å². The van der Waals surface area contributed by atoms with E-state index in [0.29, 0.717) is 34.9 Å². The van der Waals surface area contributed by atoms with Gasteiger partial charge in [-0.2, -0.15) is 0 Å². The SMILES string of the molecule is CCOc1ccccc1NC1=C(c2ccc(OC(C)C)cc2)C(=O)N(Cc2ccccc2)C1=O. The van der Waals surface area contributed by atoms with Crippen molar-refractivity contribution in [2.75, 3.05) is 11.9 Å². The number of carbonyl (C=O) groups is 2. The third-order valence-electron chi connectivity index (χ3n) is 5.31. The molecule has 0 unspecified atom stereocenters. The minimum atomic E-state index is -0.377. The molecule has 0 fully saturated rings. The van der Waals surface area contributed by atoms with Gasteiger partial charge in [-0.1, -0.05) is 54.6 Å². The van der Waals surface area contributed by atoms with Gasteiger partial charge in [0, 0.05) is 0 Å². The van der Waals surface area contributed by atoms with Crippen molar-refractivity contribution < 1.29 is 19.1 Å². The van der Waals surface area contributed by atoms with Crippen molar-refractivity contribution in [1.82, 2.24) is 4.90 Å². The molecule has 174 valence electrons. The molecular formula is C28H28N2O4. The molecule has 0 saturated carbocycles. The Hall–Kier alpha value is -4.06. The first-order valence-corrected chi connectivity index (χ1v) is 11.4. The number of hydrogen-bond acceptors (Lipinski definition) is 5. The molecule has 0 spiro atoms. The fourth-order valence-electron chi connectivity index (χ4n) is 3.83. The van der Waals surface area contributed by atoms with Gasteiger partial charge in [-0.3, -0.25) is 14.5 Å². The van der Waals surface area contributed by atoms with E-state index in [-0.39, 0.29) is 30.2 Å². The lowest BCUT2D eigenvalue weighted by molar-refractivity contribution is -0.137. The lowest BCUT2D eigenvalue weighted by atomic mass is 10.0. The molecule has 6 nitrogen and oxygen atoms in total. The molecule has 1 aliphatic heterocycles. The van der Waals surface area contributed by atoms with Crippen LogP contribution < -0.4 is 14.8 Å². The molecule has 0 saturated heterocycles. The lowest BCUT2D eigenvalue weighted by Crippen LogP contribution is -2.32. The Balaban J connectivity index is 1.73. The predicted molar refractivity (Wildman–Crippen MR) is 132 cm³/mol. The molecular weight excluding hydrogens is 428 g/mol. The van der Waals surface area contributed by atoms with E-state index in [0.717, 1.165) is 5.56 Å². The van der Waals surface area contributed by atoms with Crippen molar-refractivity contribution in [3.63, 3.8) is 0 Å². The van der Waals surface area contributed by atoms with E-state index in [1.54, 1.807) is 12.1 Å². The molecule has 0 bridgehead atoms. The molecule has 2 amide bonds. The Morgan fingerprint density at radius 2 is 1.53 bits per heavy atom. The first-order valence-electron chi connectivity index (χ1n) is 11.4. The van der Waals surface area contributed by atoms with E-state index >= 15 is 0 Å². The zero-order valence-electron chi connectivity index (χ0n) is 19.6. The summed E-state index contributed by atoms with van der Waals surface area (Å²) in [7, 11) is 0. The number of anilines is 1. The van der Waals surface area contributed by atoms with Crippen molar-refractivity contribution in [2.45, 2.75) is 33.4 Å². The first-order chi connectivity index (χ1) is 16.5. The Labute approximate surface area is 199 Å². The van der Waals surface area contributed by atoms with Crippen LogP contribution in [0.15, 0.2) is 84.6 Å². The fraction of sp³-hybridized carbons (Fsp3) is 0.214. The van der Waals surface area contributed by atoms with Gasteiger partial charge in [0.15, 0.2) is 0 Å². The third-order valence-corrected chi connectivity index (χ3v) is 5.31. The largest absolute Gasteiger partial charge is 0.492 e. The van der Waals surface area contributed by atoms with Gasteiger partial charge in [0.2, 0.25) is 0 Å². The van der Waals surface area contributed by atoms with Crippen LogP contribution >= 0.6 is 0 Å². The Morgan fingerprint density at radius 1 is 0.853 bits per heavy atom. The minimum Gasteiger partial charge on any atom is -0.492 e. The van der Waals surface area contributed by atoms with Crippen molar-refractivity contribution >= 4 is 23.1 Å². The van der Waals surface area contributed by atoms with E-state index in [1.807, 2.05) is 87.5 Å². The number of nitrogens with one attached hydrogen (secondary N) is 1. The topological polar surface area (TPSA) is 67.9 Å². The number of carbonyl (C=O) groups excluding carboxylic acids is 2. The second kappa shape index (κ2) is 10.3. The van der Waals surface area contributed by atoms with Gasteiger partial charge in [-0.25, -0.2) is 0 Å². The summed E-state index contributed by atoms with van der Waals surface area (Å²) in [5.41, 5.74) is 2.69. The van der Waals surface area contributed by atoms with Crippen LogP contribution in [0.3, 0.4) is 0 Å². The Bertz CT molecular complexity index is 1200. The number of benzene rings is 3. The van der Waals surface area contributed by atoms with E-state index in [1.165, 1.54) is 4.90 Å². The predicted octanol–water partition coefficient (Wildman–Crippen LogP) is 5.26. The highest BCUT2D eigenvalue weighted by Gasteiger charge is 2.39. The van der Waals surface area contributed by atoms with Gasteiger partial charge in [0.1, 0.15) is 17.2 Å². The average Bonchev–Trinajstić information content (AvgIpc) is 3.05. The maximum absolute atomic E-state index is 13.5. The van der Waals surface area contributed by atoms with Crippen molar-refractivity contribution in [3.8, 4) is 11.5 Å². The summed E-state index contributed by atoms with van der Waals surface area (Å²) < 4.78 is 11.4. The van der Waals surface area contributed by atoms with Crippen LogP contribution in [-0.4, -0.2) is 29.4 Å². The van der Waals surface area contributed by atoms with Gasteiger partial charge < -0.3 is 14.8 Å². The monoisotopic (exact) mass is 456 g/mol. The molecule has 0 radical (unpaired) electrons. The molecule has 1 heterocycles. The Morgan fingerprint density at radius 3 is 2.21 bits per heavy atom. The van der Waals surface area contributed by atoms with Crippen molar-refractivity contribution in [3.05, 3.63) is 95.7 Å². The van der Waals surface area contributed by atoms with Crippen LogP contribution in [0, 0.1) is 0 Å². The van der Waals surface area contributed by atoms with Crippen LogP contribution in [0.4, 0.5) is 5.69 Å². The van der Waals surface area contributed by atoms with Crippen LogP contribution in [0.1, 0.15) is 31.9 Å². The van der Waals surface area contributed by atoms with Crippen molar-refractivity contribution in [2.24, 2.45) is 0 Å². The number of nitrogens with zero attached hydrogens (tertiary/aromatic N) is 1. The second-order valence-corrected chi connectivity index (χ2v) is 8.18. The van der Waals surface area contributed by atoms with Gasteiger partial charge in [-0.05, 0) is 56.2 Å². The number of imide groups is 1. The highest BCUT2D eigenvalue weighted by atomic mass is 16.5. The normalized spacial score (nSPS) is 13.6. The number of rotatable bonds is 9. The molecule has 0 aromatic heterocycles. The van der Waals surface area contributed by atoms with E-state index in [2.05, 4.69) is 5.32 Å². The number of amides is 2. The molecule has 0 atom stereocenters. The van der Waals surface area contributed by atoms with Crippen LogP contribution in [0.2, 0.25) is 0 Å². The molecule has 6 heteroatoms. The van der Waals surface area contributed by atoms with E-state index < -0.39 is 0 Å². The van der Waals surface area contributed by atoms with E-state index in [4.69, 9.17) is 9.47 Å². The van der Waals surface area contributed by atoms with Crippen LogP contribution in [-0.2, 0) is 16.1 Å². The zero-order valence-corrected chi connectivity index (χ0v) is 19.6. The molecule has 1 aliphatic rings. The number of ether oxygens (including phenoxy) is 2. The van der Waals surface area contributed by atoms with E-state index in [9.17, 15) is 9.59 Å². The summed E-state index contributed by atoms with van der Waals surface area (Å²) in [4.78, 5) is 28.3. The van der Waals surface area contributed by atoms with Crippen LogP contribution in [0.5, 0.6) is 11.5 Å². The van der Waals surface area contributed by atoms with Crippen molar-refractivity contribution in [1.29, 1.82) is 0 Å². The summed E-state index contributed by atoms with van der Waals surface area (Å²) in [6, 6.07) is 24.1. The quantitative estimate of drug-likeness (QED) is 0.445. The molecule has 3 aromatic carbocycles. The lowest BCUT2D eigenvalue weighted by Gasteiger charge is -2.16. The Kier molecular flexibility index (Phi) is 6.97. The second-order valence-electron chi connectivity index (χ2n) is 8.18. The van der Waals surface area contributed by atoms with Gasteiger partial charge >= 0.3 is 0 Å². The number of para-hydroxylation sites is 2. The summed E-state index contributed by atoms with van der Waals surface area (Å²) >= 11 is 0. The van der Waals surface area contributed by atoms with Crippen LogP contribution in [0.25, 0.3) is 5.57 Å². The maximum atomic E-state index is 13.5. The number of hydrogen-bond donors (Lipinski definition) is 1. The molecule has 4 rings (SSSR count). The summed E-state index contributed by atoms with van der Waals surface area (Å²) in [6.07, 6.45) is 0.0356. The summed E-state index contributed by atoms with van der Waals surface area (Å²) in [5.74, 6) is 0.591. The first kappa shape index (κ1) is 23.1. The molecule has 3 aromatic rings. The summed E-state index contributed by atoms with van der Waals surface area (Å²) in [5, 5.41) is 3.20. The van der Waals surface area contributed by atoms with Gasteiger partial charge in [0.25, 0.3) is 11.8 Å². The third kappa shape index (κ3) is 4.96. The fourth-order valence-corrected chi connectivity index (χ4v) is 3.83. The molecule has 1 N–H and O–H groups in total. The highest BCUT2D eigenvalue weighted by Crippen LogP contribution is 2.34. The average molecular weight is 457 g/mol.